The molecule has 0 spiro atoms. The van der Waals surface area contributed by atoms with Crippen LogP contribution in [0, 0.1) is 0 Å². The molecule has 0 aliphatic rings. The number of halogens is 2. The number of nitrogens with one attached hydrogen (secondary N) is 1. The average molecular weight is 322 g/mol. The number of hydrogen-bond donors (Lipinski definition) is 1. The van der Waals surface area contributed by atoms with E-state index in [9.17, 15) is 0 Å². The molecule has 1 aromatic heterocycles. The molecule has 1 N–H and O–H groups in total. The lowest BCUT2D eigenvalue weighted by molar-refractivity contribution is 0.0765. The third-order valence-corrected chi connectivity index (χ3v) is 2.93. The van der Waals surface area contributed by atoms with E-state index in [1.165, 1.54) is 0 Å². The van der Waals surface area contributed by atoms with Crippen molar-refractivity contribution < 1.29 is 4.74 Å². The highest BCUT2D eigenvalue weighted by Crippen LogP contribution is 2.22. The van der Waals surface area contributed by atoms with Crippen molar-refractivity contribution in [3.63, 3.8) is 0 Å². The van der Waals surface area contributed by atoms with Crippen molar-refractivity contribution >= 4 is 33.3 Å². The molecule has 0 aliphatic carbocycles. The van der Waals surface area contributed by atoms with E-state index in [0.29, 0.717) is 11.1 Å². The van der Waals surface area contributed by atoms with Gasteiger partial charge in [0.25, 0.3) is 0 Å². The maximum absolute atomic E-state index is 5.81. The molecule has 96 valence electrons. The van der Waals surface area contributed by atoms with Crippen LogP contribution >= 0.6 is 27.5 Å². The first-order chi connectivity index (χ1) is 8.09. The van der Waals surface area contributed by atoms with E-state index in [1.54, 1.807) is 6.20 Å². The maximum atomic E-state index is 5.81. The van der Waals surface area contributed by atoms with Crippen molar-refractivity contribution in [2.24, 2.45) is 0 Å². The molecule has 3 nitrogen and oxygen atoms in total. The van der Waals surface area contributed by atoms with Crippen molar-refractivity contribution in [2.75, 3.05) is 18.5 Å². The van der Waals surface area contributed by atoms with Crippen molar-refractivity contribution in [3.8, 4) is 0 Å². The summed E-state index contributed by atoms with van der Waals surface area (Å²) in [6.07, 6.45) is 4.06. The Morgan fingerprint density at radius 2 is 2.24 bits per heavy atom. The number of ether oxygens (including phenoxy) is 1. The molecule has 1 aromatic rings. The molecular formula is C12H18BrClN2O. The lowest BCUT2D eigenvalue weighted by Gasteiger charge is -2.09. The van der Waals surface area contributed by atoms with Crippen LogP contribution in [0.15, 0.2) is 16.7 Å². The van der Waals surface area contributed by atoms with Crippen molar-refractivity contribution in [3.05, 3.63) is 21.8 Å². The summed E-state index contributed by atoms with van der Waals surface area (Å²) in [5.41, 5.74) is 0. The van der Waals surface area contributed by atoms with Gasteiger partial charge in [0, 0.05) is 19.3 Å². The summed E-state index contributed by atoms with van der Waals surface area (Å²) in [5.74, 6) is 0.833. The minimum atomic E-state index is 0.315. The first kappa shape index (κ1) is 14.7. The number of aromatic nitrogens is 1. The van der Waals surface area contributed by atoms with Gasteiger partial charge in [-0.25, -0.2) is 4.98 Å². The molecule has 0 atom stereocenters. The van der Waals surface area contributed by atoms with Crippen LogP contribution in [-0.4, -0.2) is 24.2 Å². The lowest BCUT2D eigenvalue weighted by Crippen LogP contribution is -2.07. The minimum absolute atomic E-state index is 0.315. The third kappa shape index (κ3) is 6.24. The van der Waals surface area contributed by atoms with E-state index in [0.717, 1.165) is 36.3 Å². The van der Waals surface area contributed by atoms with Gasteiger partial charge in [-0.2, -0.15) is 0 Å². The predicted molar refractivity (Wildman–Crippen MR) is 75.8 cm³/mol. The maximum Gasteiger partial charge on any atom is 0.140 e. The molecule has 1 heterocycles. The molecule has 0 amide bonds. The van der Waals surface area contributed by atoms with E-state index in [1.807, 2.05) is 19.9 Å². The second kappa shape index (κ2) is 7.90. The van der Waals surface area contributed by atoms with E-state index < -0.39 is 0 Å². The van der Waals surface area contributed by atoms with Gasteiger partial charge >= 0.3 is 0 Å². The highest BCUT2D eigenvalue weighted by Gasteiger charge is 2.01. The fourth-order valence-corrected chi connectivity index (χ4v) is 2.08. The summed E-state index contributed by atoms with van der Waals surface area (Å²) in [6.45, 7) is 5.79. The number of unbranched alkanes of at least 4 members (excludes halogenated alkanes) is 1. The third-order valence-electron chi connectivity index (χ3n) is 2.12. The summed E-state index contributed by atoms with van der Waals surface area (Å²) in [4.78, 5) is 4.20. The minimum Gasteiger partial charge on any atom is -0.379 e. The van der Waals surface area contributed by atoms with Gasteiger partial charge in [0.05, 0.1) is 15.6 Å². The van der Waals surface area contributed by atoms with Crippen LogP contribution < -0.4 is 5.32 Å². The molecule has 1 rings (SSSR count). The molecular weight excluding hydrogens is 304 g/mol. The second-order valence-corrected chi connectivity index (χ2v) is 5.33. The van der Waals surface area contributed by atoms with Crippen LogP contribution in [-0.2, 0) is 4.74 Å². The second-order valence-electron chi connectivity index (χ2n) is 4.04. The van der Waals surface area contributed by atoms with E-state index >= 15 is 0 Å². The molecule has 0 fully saturated rings. The Labute approximate surface area is 116 Å². The summed E-state index contributed by atoms with van der Waals surface area (Å²) >= 11 is 9.23. The molecule has 0 aromatic carbocycles. The van der Waals surface area contributed by atoms with Gasteiger partial charge in [0.1, 0.15) is 5.82 Å². The Balaban J connectivity index is 2.18. The van der Waals surface area contributed by atoms with Crippen LogP contribution in [0.1, 0.15) is 26.7 Å². The van der Waals surface area contributed by atoms with Gasteiger partial charge in [0.2, 0.25) is 0 Å². The van der Waals surface area contributed by atoms with Crippen LogP contribution in [0.3, 0.4) is 0 Å². The molecule has 0 saturated heterocycles. The average Bonchev–Trinajstić information content (AvgIpc) is 2.25. The smallest absolute Gasteiger partial charge is 0.140 e. The zero-order valence-electron chi connectivity index (χ0n) is 10.2. The zero-order chi connectivity index (χ0) is 12.7. The van der Waals surface area contributed by atoms with E-state index in [2.05, 4.69) is 26.2 Å². The topological polar surface area (TPSA) is 34.1 Å². The van der Waals surface area contributed by atoms with E-state index in [4.69, 9.17) is 16.3 Å². The molecule has 5 heteroatoms. The summed E-state index contributed by atoms with van der Waals surface area (Å²) in [7, 11) is 0. The molecule has 0 bridgehead atoms. The number of nitrogens with zero attached hydrogens (tertiary/aromatic N) is 1. The first-order valence-electron chi connectivity index (χ1n) is 5.76. The number of hydrogen-bond acceptors (Lipinski definition) is 3. The van der Waals surface area contributed by atoms with Crippen molar-refractivity contribution in [1.82, 2.24) is 4.98 Å². The largest absolute Gasteiger partial charge is 0.379 e. The summed E-state index contributed by atoms with van der Waals surface area (Å²) in [6, 6.07) is 1.83. The highest BCUT2D eigenvalue weighted by molar-refractivity contribution is 9.10. The van der Waals surface area contributed by atoms with Gasteiger partial charge in [-0.15, -0.1) is 0 Å². The van der Waals surface area contributed by atoms with Gasteiger partial charge in [-0.05, 0) is 48.7 Å². The molecule has 0 unspecified atom stereocenters. The Bertz CT molecular complexity index is 347. The van der Waals surface area contributed by atoms with Gasteiger partial charge in [0.15, 0.2) is 0 Å². The Morgan fingerprint density at radius 3 is 2.88 bits per heavy atom. The first-order valence-corrected chi connectivity index (χ1v) is 6.93. The monoisotopic (exact) mass is 320 g/mol. The van der Waals surface area contributed by atoms with Crippen LogP contribution in [0.4, 0.5) is 5.82 Å². The Kier molecular flexibility index (Phi) is 6.85. The molecule has 0 radical (unpaired) electrons. The Morgan fingerprint density at radius 1 is 1.47 bits per heavy atom. The lowest BCUT2D eigenvalue weighted by atomic mass is 10.3. The van der Waals surface area contributed by atoms with Crippen LogP contribution in [0.5, 0.6) is 0 Å². The van der Waals surface area contributed by atoms with Gasteiger partial charge in [-0.3, -0.25) is 0 Å². The summed E-state index contributed by atoms with van der Waals surface area (Å²) < 4.78 is 6.36. The molecule has 17 heavy (non-hydrogen) atoms. The van der Waals surface area contributed by atoms with Gasteiger partial charge in [-0.1, -0.05) is 11.6 Å². The highest BCUT2D eigenvalue weighted by atomic mass is 79.9. The summed E-state index contributed by atoms with van der Waals surface area (Å²) in [5, 5.41) is 3.89. The Hall–Kier alpha value is -0.320. The van der Waals surface area contributed by atoms with Crippen LogP contribution in [0.25, 0.3) is 0 Å². The quantitative estimate of drug-likeness (QED) is 0.767. The van der Waals surface area contributed by atoms with Gasteiger partial charge < -0.3 is 10.1 Å². The number of pyridine rings is 1. The van der Waals surface area contributed by atoms with Crippen LogP contribution in [0.2, 0.25) is 5.02 Å². The molecule has 0 saturated carbocycles. The van der Waals surface area contributed by atoms with E-state index in [-0.39, 0.29) is 0 Å². The standard InChI is InChI=1S/C12H18BrClN2O/c1-9(2)17-6-4-3-5-15-12-11(13)7-10(14)8-16-12/h7-9H,3-6H2,1-2H3,(H,15,16). The van der Waals surface area contributed by atoms with Crippen molar-refractivity contribution in [2.45, 2.75) is 32.8 Å². The normalized spacial score (nSPS) is 10.9. The predicted octanol–water partition coefficient (Wildman–Crippen LogP) is 4.11. The fraction of sp³-hybridized carbons (Fsp3) is 0.583. The molecule has 0 aliphatic heterocycles. The SMILES string of the molecule is CC(C)OCCCCNc1ncc(Cl)cc1Br. The number of anilines is 1. The van der Waals surface area contributed by atoms with Crippen molar-refractivity contribution in [1.29, 1.82) is 0 Å². The fourth-order valence-electron chi connectivity index (χ4n) is 1.30. The zero-order valence-corrected chi connectivity index (χ0v) is 12.5. The number of rotatable bonds is 7.